The molecule has 2 aliphatic rings. The molecule has 0 saturated heterocycles. The highest BCUT2D eigenvalue weighted by atomic mass is 16.4. The highest BCUT2D eigenvalue weighted by Gasteiger charge is 2.41. The van der Waals surface area contributed by atoms with Crippen LogP contribution in [0.5, 0.6) is 0 Å². The van der Waals surface area contributed by atoms with E-state index in [9.17, 15) is 19.5 Å². The fourth-order valence-corrected chi connectivity index (χ4v) is 5.75. The van der Waals surface area contributed by atoms with Crippen LogP contribution < -0.4 is 10.2 Å². The van der Waals surface area contributed by atoms with Gasteiger partial charge in [0, 0.05) is 24.1 Å². The second-order valence-corrected chi connectivity index (χ2v) is 11.9. The number of amides is 1. The van der Waals surface area contributed by atoms with Crippen LogP contribution in [0.3, 0.4) is 0 Å². The van der Waals surface area contributed by atoms with Crippen LogP contribution in [0.4, 0.5) is 11.4 Å². The Hall–Kier alpha value is -4.19. The summed E-state index contributed by atoms with van der Waals surface area (Å²) in [6.45, 7) is 8.55. The standard InChI is InChI=1S/C34H36N2O4/c1-21-9-11-23(12-10-21)33-32-27(19-24(20-29(32)37)22-13-15-25(16-14-22)34(2,3)4)35-26-7-5-6-8-28(26)36(33)30(38)17-18-31(39)40/h5-16,24,33,35H,17-20H2,1-4H3,(H,39,40)/t24-,33+/m0/s1. The first kappa shape index (κ1) is 27.4. The predicted octanol–water partition coefficient (Wildman–Crippen LogP) is 7.06. The van der Waals surface area contributed by atoms with Gasteiger partial charge in [-0.15, -0.1) is 0 Å². The van der Waals surface area contributed by atoms with Gasteiger partial charge in [0.2, 0.25) is 5.91 Å². The zero-order chi connectivity index (χ0) is 28.6. The lowest BCUT2D eigenvalue weighted by molar-refractivity contribution is -0.138. The molecule has 6 heteroatoms. The van der Waals surface area contributed by atoms with Crippen LogP contribution in [0, 0.1) is 6.92 Å². The minimum absolute atomic E-state index is 0.00642. The number of carbonyl (C=O) groups is 3. The molecule has 1 aliphatic heterocycles. The van der Waals surface area contributed by atoms with Crippen LogP contribution in [-0.2, 0) is 19.8 Å². The third-order valence-electron chi connectivity index (χ3n) is 7.95. The number of ketones is 1. The molecule has 40 heavy (non-hydrogen) atoms. The lowest BCUT2D eigenvalue weighted by atomic mass is 9.77. The number of carboxylic acid groups (broad SMARTS) is 1. The van der Waals surface area contributed by atoms with Crippen molar-refractivity contribution >= 4 is 29.0 Å². The van der Waals surface area contributed by atoms with Crippen molar-refractivity contribution in [1.82, 2.24) is 0 Å². The number of anilines is 2. The molecule has 0 radical (unpaired) electrons. The van der Waals surface area contributed by atoms with E-state index in [4.69, 9.17) is 0 Å². The second kappa shape index (κ2) is 10.8. The predicted molar refractivity (Wildman–Crippen MR) is 157 cm³/mol. The summed E-state index contributed by atoms with van der Waals surface area (Å²) in [6, 6.07) is 23.3. The molecular formula is C34H36N2O4. The molecule has 2 atom stereocenters. The van der Waals surface area contributed by atoms with E-state index in [0.29, 0.717) is 24.1 Å². The topological polar surface area (TPSA) is 86.7 Å². The number of aliphatic carboxylic acids is 1. The summed E-state index contributed by atoms with van der Waals surface area (Å²) < 4.78 is 0. The highest BCUT2D eigenvalue weighted by molar-refractivity contribution is 6.06. The van der Waals surface area contributed by atoms with Crippen molar-refractivity contribution in [2.24, 2.45) is 0 Å². The van der Waals surface area contributed by atoms with Gasteiger partial charge in [0.15, 0.2) is 5.78 Å². The second-order valence-electron chi connectivity index (χ2n) is 11.9. The van der Waals surface area contributed by atoms with E-state index in [1.54, 1.807) is 4.90 Å². The van der Waals surface area contributed by atoms with Crippen LogP contribution in [0.2, 0.25) is 0 Å². The molecule has 1 aliphatic carbocycles. The SMILES string of the molecule is Cc1ccc([C@@H]2C3=C(C[C@H](c4ccc(C(C)(C)C)cc4)CC3=O)Nc3ccccc3N2C(=O)CCC(=O)O)cc1. The van der Waals surface area contributed by atoms with Gasteiger partial charge in [-0.1, -0.05) is 87.0 Å². The molecule has 0 saturated carbocycles. The Labute approximate surface area is 235 Å². The number of allylic oxidation sites excluding steroid dienone is 1. The van der Waals surface area contributed by atoms with E-state index in [2.05, 4.69) is 50.4 Å². The summed E-state index contributed by atoms with van der Waals surface area (Å²) in [4.78, 5) is 40.8. The average Bonchev–Trinajstić information content (AvgIpc) is 3.06. The maximum absolute atomic E-state index is 14.1. The summed E-state index contributed by atoms with van der Waals surface area (Å²) in [5.41, 5.74) is 7.05. The van der Waals surface area contributed by atoms with E-state index >= 15 is 0 Å². The van der Waals surface area contributed by atoms with Crippen molar-refractivity contribution in [2.75, 3.05) is 10.2 Å². The van der Waals surface area contributed by atoms with Crippen molar-refractivity contribution < 1.29 is 19.5 Å². The number of carbonyl (C=O) groups excluding carboxylic acids is 2. The van der Waals surface area contributed by atoms with Crippen LogP contribution in [0.25, 0.3) is 0 Å². The molecule has 3 aromatic carbocycles. The van der Waals surface area contributed by atoms with Gasteiger partial charge in [-0.05, 0) is 53.5 Å². The fourth-order valence-electron chi connectivity index (χ4n) is 5.75. The van der Waals surface area contributed by atoms with Gasteiger partial charge in [-0.3, -0.25) is 19.3 Å². The van der Waals surface area contributed by atoms with E-state index in [-0.39, 0.29) is 35.9 Å². The summed E-state index contributed by atoms with van der Waals surface area (Å²) in [5.74, 6) is -1.36. The van der Waals surface area contributed by atoms with E-state index in [0.717, 1.165) is 28.1 Å². The van der Waals surface area contributed by atoms with Gasteiger partial charge >= 0.3 is 5.97 Å². The Bertz CT molecular complexity index is 1480. The van der Waals surface area contributed by atoms with Crippen molar-refractivity contribution in [1.29, 1.82) is 0 Å². The Morgan fingerprint density at radius 2 is 1.55 bits per heavy atom. The third-order valence-corrected chi connectivity index (χ3v) is 7.95. The normalized spacial score (nSPS) is 18.9. The number of hydrogen-bond donors (Lipinski definition) is 2. The summed E-state index contributed by atoms with van der Waals surface area (Å²) >= 11 is 0. The van der Waals surface area contributed by atoms with Gasteiger partial charge in [0.05, 0.1) is 23.8 Å². The quantitative estimate of drug-likeness (QED) is 0.365. The number of carboxylic acids is 1. The minimum Gasteiger partial charge on any atom is -0.481 e. The van der Waals surface area contributed by atoms with Crippen molar-refractivity contribution in [3.63, 3.8) is 0 Å². The number of hydrogen-bond acceptors (Lipinski definition) is 4. The van der Waals surface area contributed by atoms with Crippen LogP contribution >= 0.6 is 0 Å². The molecule has 3 aromatic rings. The zero-order valence-electron chi connectivity index (χ0n) is 23.5. The number of fused-ring (bicyclic) bond motifs is 1. The smallest absolute Gasteiger partial charge is 0.303 e. The molecule has 5 rings (SSSR count). The number of aryl methyl sites for hydroxylation is 1. The number of Topliss-reactive ketones (excluding diaryl/α,β-unsaturated/α-hetero) is 1. The van der Waals surface area contributed by atoms with E-state index in [1.165, 1.54) is 5.56 Å². The first-order chi connectivity index (χ1) is 19.0. The largest absolute Gasteiger partial charge is 0.481 e. The fraction of sp³-hybridized carbons (Fsp3) is 0.324. The number of nitrogens with one attached hydrogen (secondary N) is 1. The van der Waals surface area contributed by atoms with Crippen molar-refractivity contribution in [2.45, 2.75) is 70.8 Å². The summed E-state index contributed by atoms with van der Waals surface area (Å²) in [7, 11) is 0. The maximum atomic E-state index is 14.1. The first-order valence-electron chi connectivity index (χ1n) is 13.9. The van der Waals surface area contributed by atoms with Gasteiger partial charge in [0.25, 0.3) is 0 Å². The van der Waals surface area contributed by atoms with Gasteiger partial charge in [0.1, 0.15) is 0 Å². The van der Waals surface area contributed by atoms with Crippen LogP contribution in [0.15, 0.2) is 84.1 Å². The number of para-hydroxylation sites is 2. The monoisotopic (exact) mass is 536 g/mol. The Morgan fingerprint density at radius 3 is 2.20 bits per heavy atom. The Kier molecular flexibility index (Phi) is 7.37. The molecule has 0 bridgehead atoms. The average molecular weight is 537 g/mol. The van der Waals surface area contributed by atoms with E-state index < -0.39 is 12.0 Å². The van der Waals surface area contributed by atoms with Crippen molar-refractivity contribution in [3.05, 3.63) is 106 Å². The molecule has 6 nitrogen and oxygen atoms in total. The lowest BCUT2D eigenvalue weighted by Gasteiger charge is -2.35. The number of nitrogens with zero attached hydrogens (tertiary/aromatic N) is 1. The molecule has 0 unspecified atom stereocenters. The van der Waals surface area contributed by atoms with Gasteiger partial charge < -0.3 is 10.4 Å². The molecule has 206 valence electrons. The van der Waals surface area contributed by atoms with Crippen LogP contribution in [-0.4, -0.2) is 22.8 Å². The molecule has 0 spiro atoms. The van der Waals surface area contributed by atoms with Gasteiger partial charge in [-0.2, -0.15) is 0 Å². The molecule has 0 aromatic heterocycles. The van der Waals surface area contributed by atoms with Gasteiger partial charge in [-0.25, -0.2) is 0 Å². The number of benzene rings is 3. The Morgan fingerprint density at radius 1 is 0.900 bits per heavy atom. The minimum atomic E-state index is -1.03. The maximum Gasteiger partial charge on any atom is 0.303 e. The molecular weight excluding hydrogens is 500 g/mol. The first-order valence-corrected chi connectivity index (χ1v) is 13.9. The Balaban J connectivity index is 1.63. The molecule has 1 heterocycles. The lowest BCUT2D eigenvalue weighted by Crippen LogP contribution is -2.38. The highest BCUT2D eigenvalue weighted by Crippen LogP contribution is 2.47. The molecule has 0 fully saturated rings. The third kappa shape index (κ3) is 5.44. The summed E-state index contributed by atoms with van der Waals surface area (Å²) in [6.07, 6.45) is 0.526. The van der Waals surface area contributed by atoms with E-state index in [1.807, 2.05) is 55.5 Å². The molecule has 1 amide bonds. The van der Waals surface area contributed by atoms with Crippen LogP contribution in [0.1, 0.15) is 80.7 Å². The zero-order valence-corrected chi connectivity index (χ0v) is 23.5. The number of rotatable bonds is 5. The van der Waals surface area contributed by atoms with Crippen molar-refractivity contribution in [3.8, 4) is 0 Å². The summed E-state index contributed by atoms with van der Waals surface area (Å²) in [5, 5.41) is 12.8. The molecule has 2 N–H and O–H groups in total.